The third kappa shape index (κ3) is 2.29. The van der Waals surface area contributed by atoms with Gasteiger partial charge in [-0.1, -0.05) is 6.07 Å². The van der Waals surface area contributed by atoms with Crippen molar-refractivity contribution in [1.82, 2.24) is 4.98 Å². The van der Waals surface area contributed by atoms with Gasteiger partial charge in [0.25, 0.3) is 0 Å². The van der Waals surface area contributed by atoms with Gasteiger partial charge in [0.1, 0.15) is 0 Å². The molecule has 0 radical (unpaired) electrons. The zero-order chi connectivity index (χ0) is 7.40. The van der Waals surface area contributed by atoms with Crippen molar-refractivity contribution < 1.29 is 9.42 Å². The second-order valence-corrected chi connectivity index (χ2v) is 2.83. The number of pyridine rings is 1. The minimum Gasteiger partial charge on any atom is -0.430 e. The topological polar surface area (TPSA) is 42.4 Å². The fourth-order valence-electron chi connectivity index (χ4n) is 0.536. The largest absolute Gasteiger partial charge is 0.430 e. The molecule has 0 aliphatic carbocycles. The highest BCUT2D eigenvalue weighted by Gasteiger charge is 1.97. The Morgan fingerprint density at radius 2 is 2.40 bits per heavy atom. The summed E-state index contributed by atoms with van der Waals surface area (Å²) >= 11 is 0. The van der Waals surface area contributed by atoms with Crippen LogP contribution in [0.25, 0.3) is 0 Å². The Kier molecular flexibility index (Phi) is 2.60. The van der Waals surface area contributed by atoms with Crippen molar-refractivity contribution >= 4 is 8.38 Å². The van der Waals surface area contributed by atoms with Crippen LogP contribution in [-0.4, -0.2) is 16.5 Å². The lowest BCUT2D eigenvalue weighted by molar-refractivity contribution is 0.482. The van der Waals surface area contributed by atoms with Crippen LogP contribution in [0.15, 0.2) is 24.4 Å². The Balaban J connectivity index is 2.59. The van der Waals surface area contributed by atoms with Crippen LogP contribution in [0.5, 0.6) is 5.88 Å². The molecular formula is C6H8NO2P. The van der Waals surface area contributed by atoms with Crippen LogP contribution in [0.4, 0.5) is 0 Å². The molecule has 1 atom stereocenters. The molecule has 0 amide bonds. The summed E-state index contributed by atoms with van der Waals surface area (Å²) in [5.41, 5.74) is 0. The van der Waals surface area contributed by atoms with Crippen molar-refractivity contribution in [2.24, 2.45) is 0 Å². The van der Waals surface area contributed by atoms with Crippen LogP contribution in [-0.2, 0) is 0 Å². The molecule has 0 aromatic carbocycles. The highest BCUT2D eigenvalue weighted by atomic mass is 31.2. The van der Waals surface area contributed by atoms with Gasteiger partial charge in [-0.2, -0.15) is 0 Å². The Morgan fingerprint density at radius 3 is 2.90 bits per heavy atom. The van der Waals surface area contributed by atoms with Gasteiger partial charge in [-0.05, 0) is 6.07 Å². The molecule has 0 spiro atoms. The van der Waals surface area contributed by atoms with E-state index in [9.17, 15) is 0 Å². The molecule has 1 aromatic rings. The molecule has 0 aliphatic rings. The summed E-state index contributed by atoms with van der Waals surface area (Å²) in [7, 11) is -1.34. The summed E-state index contributed by atoms with van der Waals surface area (Å²) in [5, 5.41) is 0. The van der Waals surface area contributed by atoms with E-state index in [2.05, 4.69) is 4.98 Å². The molecule has 1 heterocycles. The van der Waals surface area contributed by atoms with Crippen LogP contribution in [0.1, 0.15) is 0 Å². The average molecular weight is 157 g/mol. The molecule has 0 saturated carbocycles. The molecule has 0 aliphatic heterocycles. The quantitative estimate of drug-likeness (QED) is 0.659. The Bertz CT molecular complexity index is 190. The van der Waals surface area contributed by atoms with Crippen LogP contribution in [0.2, 0.25) is 0 Å². The SMILES string of the molecule is CP(O)Oc1ccccn1. The molecule has 0 fully saturated rings. The highest BCUT2D eigenvalue weighted by Crippen LogP contribution is 2.26. The van der Waals surface area contributed by atoms with Gasteiger partial charge in [-0.3, -0.25) is 0 Å². The maximum Gasteiger partial charge on any atom is 0.226 e. The van der Waals surface area contributed by atoms with E-state index in [-0.39, 0.29) is 0 Å². The maximum absolute atomic E-state index is 8.81. The molecule has 10 heavy (non-hydrogen) atoms. The first-order valence-corrected chi connectivity index (χ1v) is 4.46. The van der Waals surface area contributed by atoms with Crippen LogP contribution in [0, 0.1) is 0 Å². The molecule has 0 saturated heterocycles. The van der Waals surface area contributed by atoms with Gasteiger partial charge >= 0.3 is 0 Å². The minimum atomic E-state index is -1.34. The summed E-state index contributed by atoms with van der Waals surface area (Å²) in [6.07, 6.45) is 1.62. The normalized spacial score (nSPS) is 12.6. The van der Waals surface area contributed by atoms with Crippen molar-refractivity contribution in [1.29, 1.82) is 0 Å². The molecule has 3 nitrogen and oxygen atoms in total. The fourth-order valence-corrected chi connectivity index (χ4v) is 0.915. The second-order valence-electron chi connectivity index (χ2n) is 1.72. The van der Waals surface area contributed by atoms with Gasteiger partial charge in [-0.25, -0.2) is 4.98 Å². The Hall–Kier alpha value is -0.660. The van der Waals surface area contributed by atoms with Crippen LogP contribution < -0.4 is 4.52 Å². The highest BCUT2D eigenvalue weighted by molar-refractivity contribution is 7.45. The monoisotopic (exact) mass is 157 g/mol. The predicted octanol–water partition coefficient (Wildman–Crippen LogP) is 1.39. The van der Waals surface area contributed by atoms with Crippen LogP contribution >= 0.6 is 8.38 Å². The zero-order valence-electron chi connectivity index (χ0n) is 5.56. The molecule has 1 rings (SSSR count). The third-order valence-electron chi connectivity index (χ3n) is 0.863. The van der Waals surface area contributed by atoms with E-state index in [0.29, 0.717) is 5.88 Å². The van der Waals surface area contributed by atoms with Gasteiger partial charge in [0.2, 0.25) is 14.3 Å². The van der Waals surface area contributed by atoms with E-state index in [1.807, 2.05) is 0 Å². The molecule has 1 N–H and O–H groups in total. The van der Waals surface area contributed by atoms with Crippen molar-refractivity contribution in [2.75, 3.05) is 6.66 Å². The molecule has 0 bridgehead atoms. The van der Waals surface area contributed by atoms with Crippen molar-refractivity contribution in [3.8, 4) is 5.88 Å². The summed E-state index contributed by atoms with van der Waals surface area (Å²) in [6, 6.07) is 5.30. The maximum atomic E-state index is 8.81. The minimum absolute atomic E-state index is 0.471. The third-order valence-corrected chi connectivity index (χ3v) is 1.31. The number of hydrogen-bond acceptors (Lipinski definition) is 3. The van der Waals surface area contributed by atoms with E-state index in [1.54, 1.807) is 31.1 Å². The zero-order valence-corrected chi connectivity index (χ0v) is 6.45. The molecular weight excluding hydrogens is 149 g/mol. The number of nitrogens with zero attached hydrogens (tertiary/aromatic N) is 1. The van der Waals surface area contributed by atoms with E-state index in [1.165, 1.54) is 0 Å². The molecule has 1 aromatic heterocycles. The Labute approximate surface area is 60.6 Å². The van der Waals surface area contributed by atoms with Gasteiger partial charge in [0.05, 0.1) is 0 Å². The number of rotatable bonds is 2. The molecule has 1 unspecified atom stereocenters. The van der Waals surface area contributed by atoms with E-state index >= 15 is 0 Å². The first kappa shape index (κ1) is 7.45. The number of aromatic nitrogens is 1. The second kappa shape index (κ2) is 3.49. The lowest BCUT2D eigenvalue weighted by Crippen LogP contribution is -1.85. The fraction of sp³-hybridized carbons (Fsp3) is 0.167. The van der Waals surface area contributed by atoms with Gasteiger partial charge in [0, 0.05) is 18.9 Å². The molecule has 4 heteroatoms. The summed E-state index contributed by atoms with van der Waals surface area (Å²) < 4.78 is 4.92. The van der Waals surface area contributed by atoms with Crippen molar-refractivity contribution in [2.45, 2.75) is 0 Å². The smallest absolute Gasteiger partial charge is 0.226 e. The van der Waals surface area contributed by atoms with Gasteiger partial charge in [-0.15, -0.1) is 0 Å². The standard InChI is InChI=1S/C6H8NO2P/c1-10(8)9-6-4-2-3-5-7-6/h2-5,8H,1H3. The van der Waals surface area contributed by atoms with Gasteiger partial charge < -0.3 is 9.42 Å². The predicted molar refractivity (Wildman–Crippen MR) is 39.9 cm³/mol. The van der Waals surface area contributed by atoms with Crippen molar-refractivity contribution in [3.63, 3.8) is 0 Å². The first-order chi connectivity index (χ1) is 4.79. The van der Waals surface area contributed by atoms with Crippen molar-refractivity contribution in [3.05, 3.63) is 24.4 Å². The lowest BCUT2D eigenvalue weighted by atomic mass is 10.5. The molecule has 54 valence electrons. The average Bonchev–Trinajstić information content (AvgIpc) is 1.88. The van der Waals surface area contributed by atoms with E-state index in [4.69, 9.17) is 9.42 Å². The summed E-state index contributed by atoms with van der Waals surface area (Å²) in [4.78, 5) is 12.7. The summed E-state index contributed by atoms with van der Waals surface area (Å²) in [5.74, 6) is 0.471. The van der Waals surface area contributed by atoms with Gasteiger partial charge in [0.15, 0.2) is 0 Å². The Morgan fingerprint density at radius 1 is 1.60 bits per heavy atom. The lowest BCUT2D eigenvalue weighted by Gasteiger charge is -2.03. The van der Waals surface area contributed by atoms with E-state index in [0.717, 1.165) is 0 Å². The summed E-state index contributed by atoms with van der Waals surface area (Å²) in [6.45, 7) is 1.60. The number of hydrogen-bond donors (Lipinski definition) is 1. The first-order valence-electron chi connectivity index (χ1n) is 2.80. The van der Waals surface area contributed by atoms with E-state index < -0.39 is 8.38 Å². The van der Waals surface area contributed by atoms with Crippen LogP contribution in [0.3, 0.4) is 0 Å².